The maximum atomic E-state index is 13.0. The molecular weight excluding hydrogens is 318 g/mol. The van der Waals surface area contributed by atoms with Crippen molar-refractivity contribution >= 4 is 16.6 Å². The Balaban J connectivity index is 1.93. The highest BCUT2D eigenvalue weighted by atomic mass is 16.1. The van der Waals surface area contributed by atoms with Gasteiger partial charge < -0.3 is 4.90 Å². The average molecular weight is 343 g/mol. The van der Waals surface area contributed by atoms with Gasteiger partial charge in [-0.1, -0.05) is 62.4 Å². The quantitative estimate of drug-likeness (QED) is 0.509. The highest BCUT2D eigenvalue weighted by Gasteiger charge is 2.30. The van der Waals surface area contributed by atoms with Crippen LogP contribution in [0.15, 0.2) is 54.6 Å². The molecule has 1 aliphatic rings. The second-order valence-corrected chi connectivity index (χ2v) is 8.46. The number of hydrogen-bond acceptors (Lipinski definition) is 2. The summed E-state index contributed by atoms with van der Waals surface area (Å²) in [5.41, 5.74) is 5.28. The molecule has 0 radical (unpaired) electrons. The van der Waals surface area contributed by atoms with Gasteiger partial charge in [-0.3, -0.25) is 4.79 Å². The van der Waals surface area contributed by atoms with Crippen LogP contribution in [0.4, 0.5) is 0 Å². The Labute approximate surface area is 155 Å². The molecule has 0 saturated carbocycles. The Morgan fingerprint density at radius 1 is 0.846 bits per heavy atom. The van der Waals surface area contributed by atoms with Crippen LogP contribution in [0.1, 0.15) is 35.3 Å². The molecule has 0 aliphatic heterocycles. The summed E-state index contributed by atoms with van der Waals surface area (Å²) in [6.07, 6.45) is 0.947. The van der Waals surface area contributed by atoms with Crippen LogP contribution in [-0.4, -0.2) is 31.3 Å². The molecule has 0 atom stereocenters. The molecule has 3 aromatic carbocycles. The molecule has 0 saturated heterocycles. The van der Waals surface area contributed by atoms with Crippen molar-refractivity contribution in [2.45, 2.75) is 20.3 Å². The summed E-state index contributed by atoms with van der Waals surface area (Å²) < 4.78 is 0. The maximum Gasteiger partial charge on any atom is 0.194 e. The summed E-state index contributed by atoms with van der Waals surface area (Å²) in [5.74, 6) is 0.160. The van der Waals surface area contributed by atoms with Crippen molar-refractivity contribution in [2.24, 2.45) is 5.41 Å². The van der Waals surface area contributed by atoms with E-state index in [4.69, 9.17) is 0 Å². The Kier molecular flexibility index (Phi) is 3.96. The molecule has 0 spiro atoms. The highest BCUT2D eigenvalue weighted by Crippen LogP contribution is 2.43. The number of fused-ring (bicyclic) bond motifs is 5. The average Bonchev–Trinajstić information content (AvgIpc) is 2.87. The first-order valence-electron chi connectivity index (χ1n) is 9.21. The van der Waals surface area contributed by atoms with E-state index in [1.54, 1.807) is 0 Å². The summed E-state index contributed by atoms with van der Waals surface area (Å²) in [6, 6.07) is 18.7. The second-order valence-electron chi connectivity index (χ2n) is 8.46. The van der Waals surface area contributed by atoms with Crippen molar-refractivity contribution in [3.8, 4) is 11.1 Å². The summed E-state index contributed by atoms with van der Waals surface area (Å²) in [4.78, 5) is 15.3. The van der Waals surface area contributed by atoms with Gasteiger partial charge in [0.05, 0.1) is 0 Å². The molecule has 0 unspecified atom stereocenters. The van der Waals surface area contributed by atoms with Crippen LogP contribution in [0.5, 0.6) is 0 Å². The molecule has 1 aliphatic carbocycles. The molecule has 2 nitrogen and oxygen atoms in total. The van der Waals surface area contributed by atoms with Crippen molar-refractivity contribution < 1.29 is 4.79 Å². The van der Waals surface area contributed by atoms with E-state index in [1.165, 1.54) is 16.3 Å². The lowest BCUT2D eigenvalue weighted by Crippen LogP contribution is -2.30. The minimum absolute atomic E-state index is 0.134. The van der Waals surface area contributed by atoms with Gasteiger partial charge in [-0.25, -0.2) is 0 Å². The van der Waals surface area contributed by atoms with Crippen LogP contribution in [0.2, 0.25) is 0 Å². The van der Waals surface area contributed by atoms with Gasteiger partial charge in [0.2, 0.25) is 0 Å². The van der Waals surface area contributed by atoms with E-state index in [-0.39, 0.29) is 11.2 Å². The predicted octanol–water partition coefficient (Wildman–Crippen LogP) is 5.18. The van der Waals surface area contributed by atoms with Crippen LogP contribution in [-0.2, 0) is 6.42 Å². The van der Waals surface area contributed by atoms with Crippen LogP contribution >= 0.6 is 0 Å². The maximum absolute atomic E-state index is 13.0. The molecule has 4 rings (SSSR count). The van der Waals surface area contributed by atoms with Crippen molar-refractivity contribution in [3.63, 3.8) is 0 Å². The molecule has 0 amide bonds. The summed E-state index contributed by atoms with van der Waals surface area (Å²) >= 11 is 0. The largest absolute Gasteiger partial charge is 0.309 e. The first-order chi connectivity index (χ1) is 12.4. The zero-order valence-corrected chi connectivity index (χ0v) is 16.0. The Morgan fingerprint density at radius 2 is 1.46 bits per heavy atom. The van der Waals surface area contributed by atoms with Gasteiger partial charge in [-0.2, -0.15) is 0 Å². The third kappa shape index (κ3) is 2.75. The third-order valence-corrected chi connectivity index (χ3v) is 5.23. The molecule has 3 aromatic rings. The van der Waals surface area contributed by atoms with E-state index in [0.29, 0.717) is 0 Å². The van der Waals surface area contributed by atoms with E-state index in [0.717, 1.165) is 35.2 Å². The molecule has 132 valence electrons. The van der Waals surface area contributed by atoms with E-state index < -0.39 is 0 Å². The van der Waals surface area contributed by atoms with Crippen LogP contribution in [0.3, 0.4) is 0 Å². The van der Waals surface area contributed by atoms with Gasteiger partial charge in [-0.15, -0.1) is 0 Å². The number of rotatable bonds is 4. The van der Waals surface area contributed by atoms with E-state index in [9.17, 15) is 4.79 Å². The fraction of sp³-hybridized carbons (Fsp3) is 0.292. The van der Waals surface area contributed by atoms with E-state index in [2.05, 4.69) is 69.2 Å². The fourth-order valence-electron chi connectivity index (χ4n) is 4.54. The van der Waals surface area contributed by atoms with Crippen molar-refractivity contribution in [2.75, 3.05) is 20.6 Å². The zero-order chi connectivity index (χ0) is 18.5. The Hall–Kier alpha value is -2.45. The monoisotopic (exact) mass is 343 g/mol. The summed E-state index contributed by atoms with van der Waals surface area (Å²) in [7, 11) is 4.23. The van der Waals surface area contributed by atoms with Crippen LogP contribution in [0, 0.1) is 5.41 Å². The number of hydrogen-bond donors (Lipinski definition) is 0. The number of carbonyl (C=O) groups excluding carboxylic acids is 1. The lowest BCUT2D eigenvalue weighted by molar-refractivity contribution is 0.104. The van der Waals surface area contributed by atoms with Crippen LogP contribution < -0.4 is 0 Å². The van der Waals surface area contributed by atoms with Crippen LogP contribution in [0.25, 0.3) is 21.9 Å². The first kappa shape index (κ1) is 17.0. The Morgan fingerprint density at radius 3 is 2.15 bits per heavy atom. The van der Waals surface area contributed by atoms with Gasteiger partial charge in [-0.05, 0) is 53.9 Å². The molecule has 26 heavy (non-hydrogen) atoms. The number of nitrogens with zero attached hydrogens (tertiary/aromatic N) is 1. The van der Waals surface area contributed by atoms with Gasteiger partial charge in [0.15, 0.2) is 5.78 Å². The van der Waals surface area contributed by atoms with Crippen molar-refractivity contribution in [3.05, 3.63) is 71.3 Å². The molecule has 2 heteroatoms. The fourth-order valence-corrected chi connectivity index (χ4v) is 4.54. The molecule has 0 bridgehead atoms. The number of carbonyl (C=O) groups is 1. The molecule has 0 heterocycles. The normalized spacial score (nSPS) is 13.3. The van der Waals surface area contributed by atoms with E-state index in [1.807, 2.05) is 18.2 Å². The number of ketones is 1. The third-order valence-electron chi connectivity index (χ3n) is 5.23. The van der Waals surface area contributed by atoms with Gasteiger partial charge in [0.1, 0.15) is 0 Å². The molecule has 0 fully saturated rings. The van der Waals surface area contributed by atoms with E-state index >= 15 is 0 Å². The molecule has 0 aromatic heterocycles. The predicted molar refractivity (Wildman–Crippen MR) is 109 cm³/mol. The van der Waals surface area contributed by atoms with Crippen molar-refractivity contribution in [1.82, 2.24) is 4.90 Å². The lowest BCUT2D eigenvalue weighted by atomic mass is 9.82. The first-order valence-corrected chi connectivity index (χ1v) is 9.21. The Bertz CT molecular complexity index is 1010. The minimum Gasteiger partial charge on any atom is -0.309 e. The van der Waals surface area contributed by atoms with Gasteiger partial charge >= 0.3 is 0 Å². The standard InChI is InChI=1S/C24H25NO/c1-24(2,15-25(3)4)14-16-13-21-22(18-10-6-5-9-17(16)18)19-11-7-8-12-20(19)23(21)26/h5-13H,14-15H2,1-4H3. The van der Waals surface area contributed by atoms with Crippen molar-refractivity contribution in [1.29, 1.82) is 0 Å². The van der Waals surface area contributed by atoms with Gasteiger partial charge in [0, 0.05) is 23.2 Å². The van der Waals surface area contributed by atoms with Gasteiger partial charge in [0.25, 0.3) is 0 Å². The lowest BCUT2D eigenvalue weighted by Gasteiger charge is -2.29. The topological polar surface area (TPSA) is 20.3 Å². The smallest absolute Gasteiger partial charge is 0.194 e. The summed E-state index contributed by atoms with van der Waals surface area (Å²) in [5, 5.41) is 2.46. The second kappa shape index (κ2) is 6.07. The highest BCUT2D eigenvalue weighted by molar-refractivity contribution is 6.26. The SMILES string of the molecule is CN(C)CC(C)(C)Cc1cc2c(c3ccccc13)-c1ccccc1C2=O. The minimum atomic E-state index is 0.134. The number of benzene rings is 3. The molecule has 0 N–H and O–H groups in total. The molecular formula is C24H25NO. The zero-order valence-electron chi connectivity index (χ0n) is 16.0. The summed E-state index contributed by atoms with van der Waals surface area (Å²) in [6.45, 7) is 5.60.